The molecule has 2 aromatic rings. The molecule has 10 heteroatoms. The van der Waals surface area contributed by atoms with Gasteiger partial charge in [-0.2, -0.15) is 0 Å². The predicted octanol–water partition coefficient (Wildman–Crippen LogP) is 3.26. The number of likely N-dealkylation sites (tertiary alicyclic amines) is 1. The Morgan fingerprint density at radius 1 is 1.28 bits per heavy atom. The molecule has 4 heterocycles. The lowest BCUT2D eigenvalue weighted by Gasteiger charge is -2.40. The number of carbonyl (C=O) groups is 2. The summed E-state index contributed by atoms with van der Waals surface area (Å²) in [6, 6.07) is 1.67. The van der Waals surface area contributed by atoms with Gasteiger partial charge >= 0.3 is 6.09 Å². The van der Waals surface area contributed by atoms with Gasteiger partial charge in [-0.3, -0.25) is 4.79 Å². The fourth-order valence-corrected chi connectivity index (χ4v) is 5.04. The second kappa shape index (κ2) is 9.01. The van der Waals surface area contributed by atoms with Crippen LogP contribution in [0, 0.1) is 0 Å². The Labute approximate surface area is 192 Å². The van der Waals surface area contributed by atoms with E-state index in [2.05, 4.69) is 20.3 Å². The van der Waals surface area contributed by atoms with Crippen molar-refractivity contribution >= 4 is 40.6 Å². The summed E-state index contributed by atoms with van der Waals surface area (Å²) in [4.78, 5) is 42.1. The van der Waals surface area contributed by atoms with Crippen LogP contribution >= 0.6 is 11.8 Å². The summed E-state index contributed by atoms with van der Waals surface area (Å²) >= 11 is 1.56. The van der Waals surface area contributed by atoms with Crippen LogP contribution in [0.15, 0.2) is 29.7 Å². The average molecular weight is 459 g/mol. The van der Waals surface area contributed by atoms with Crippen LogP contribution in [0.3, 0.4) is 0 Å². The number of fused-ring (bicyclic) bond motifs is 1. The average Bonchev–Trinajstić information content (AvgIpc) is 3.22. The van der Waals surface area contributed by atoms with Gasteiger partial charge in [0.15, 0.2) is 0 Å². The van der Waals surface area contributed by atoms with Gasteiger partial charge in [-0.1, -0.05) is 0 Å². The first kappa shape index (κ1) is 22.4. The summed E-state index contributed by atoms with van der Waals surface area (Å²) in [5, 5.41) is 3.88. The number of hydrogen-bond acceptors (Lipinski definition) is 7. The van der Waals surface area contributed by atoms with Crippen molar-refractivity contribution in [3.8, 4) is 0 Å². The zero-order chi connectivity index (χ0) is 22.9. The smallest absolute Gasteiger partial charge is 0.407 e. The maximum atomic E-state index is 13.4. The molecule has 4 rings (SSSR count). The van der Waals surface area contributed by atoms with Crippen LogP contribution in [0.4, 0.5) is 10.6 Å². The zero-order valence-corrected chi connectivity index (χ0v) is 19.7. The lowest BCUT2D eigenvalue weighted by molar-refractivity contribution is -0.130. The minimum atomic E-state index is -0.559. The molecule has 2 aliphatic rings. The zero-order valence-electron chi connectivity index (χ0n) is 18.9. The van der Waals surface area contributed by atoms with E-state index in [1.165, 1.54) is 6.33 Å². The molecule has 2 amide bonds. The van der Waals surface area contributed by atoms with Crippen LogP contribution in [-0.4, -0.2) is 68.4 Å². The van der Waals surface area contributed by atoms with E-state index in [-0.39, 0.29) is 18.0 Å². The molecule has 0 radical (unpaired) electrons. The number of anilines is 1. The topological polar surface area (TPSA) is 103 Å². The highest BCUT2D eigenvalue weighted by Gasteiger charge is 2.35. The van der Waals surface area contributed by atoms with Gasteiger partial charge in [0.2, 0.25) is 0 Å². The summed E-state index contributed by atoms with van der Waals surface area (Å²) in [6.45, 7) is 8.92. The molecule has 0 saturated carbocycles. The Morgan fingerprint density at radius 2 is 2.09 bits per heavy atom. The number of rotatable bonds is 3. The van der Waals surface area contributed by atoms with Crippen LogP contribution in [0.1, 0.15) is 40.5 Å². The van der Waals surface area contributed by atoms with E-state index in [1.807, 2.05) is 56.0 Å². The van der Waals surface area contributed by atoms with E-state index in [0.717, 1.165) is 42.0 Å². The molecule has 2 aromatic heterocycles. The Bertz CT molecular complexity index is 1030. The van der Waals surface area contributed by atoms with Crippen molar-refractivity contribution in [3.63, 3.8) is 0 Å². The van der Waals surface area contributed by atoms with Gasteiger partial charge in [-0.15, -0.1) is 11.8 Å². The van der Waals surface area contributed by atoms with Crippen LogP contribution in [-0.2, 0) is 9.53 Å². The molecule has 0 aromatic carbocycles. The largest absolute Gasteiger partial charge is 0.444 e. The lowest BCUT2D eigenvalue weighted by atomic mass is 9.97. The molecule has 9 nitrogen and oxygen atoms in total. The molecular formula is C22H30N6O3S. The summed E-state index contributed by atoms with van der Waals surface area (Å²) < 4.78 is 5.40. The fraction of sp³-hybridized carbons (Fsp3) is 0.545. The molecule has 1 fully saturated rings. The standard InChI is InChI=1S/C22H30N6O3S/c1-14-16(26-21(30)31-22(2,3)4)6-5-9-28(14)20(29)17-12-27(10-11-32-17)19-15-7-8-23-18(15)24-13-25-19/h7-8,12-14,16H,5-6,9-11H2,1-4H3,(H,26,30)(H,23,24,25)/t14-,16?/m0/s1. The quantitative estimate of drug-likeness (QED) is 0.728. The van der Waals surface area contributed by atoms with Crippen molar-refractivity contribution in [2.45, 2.75) is 58.2 Å². The monoisotopic (exact) mass is 458 g/mol. The first-order chi connectivity index (χ1) is 15.2. The number of H-pyrrole nitrogens is 1. The number of ether oxygens (including phenoxy) is 1. The SMILES string of the molecule is C[C@H]1C(NC(=O)OC(C)(C)C)CCCN1C(=O)C1=CN(c2ncnc3[nH]ccc23)CCS1. The molecule has 0 spiro atoms. The summed E-state index contributed by atoms with van der Waals surface area (Å²) in [7, 11) is 0. The molecule has 2 atom stereocenters. The van der Waals surface area contributed by atoms with E-state index in [9.17, 15) is 9.59 Å². The van der Waals surface area contributed by atoms with E-state index in [4.69, 9.17) is 4.74 Å². The fourth-order valence-electron chi connectivity index (χ4n) is 4.09. The maximum Gasteiger partial charge on any atom is 0.407 e. The van der Waals surface area contributed by atoms with Crippen molar-refractivity contribution < 1.29 is 14.3 Å². The number of piperidine rings is 1. The van der Waals surface area contributed by atoms with E-state index in [0.29, 0.717) is 11.4 Å². The third-order valence-electron chi connectivity index (χ3n) is 5.63. The van der Waals surface area contributed by atoms with Crippen LogP contribution in [0.2, 0.25) is 0 Å². The van der Waals surface area contributed by atoms with Gasteiger partial charge in [0.05, 0.1) is 16.3 Å². The number of alkyl carbamates (subject to hydrolysis) is 1. The van der Waals surface area contributed by atoms with E-state index in [1.54, 1.807) is 11.8 Å². The summed E-state index contributed by atoms with van der Waals surface area (Å²) in [5.41, 5.74) is 0.214. The van der Waals surface area contributed by atoms with Crippen molar-refractivity contribution in [3.05, 3.63) is 29.7 Å². The Morgan fingerprint density at radius 3 is 2.88 bits per heavy atom. The van der Waals surface area contributed by atoms with Crippen LogP contribution in [0.25, 0.3) is 11.0 Å². The van der Waals surface area contributed by atoms with Gasteiger partial charge in [-0.05, 0) is 46.6 Å². The maximum absolute atomic E-state index is 13.4. The number of nitrogens with one attached hydrogen (secondary N) is 2. The van der Waals surface area contributed by atoms with Gasteiger partial charge in [0.25, 0.3) is 5.91 Å². The van der Waals surface area contributed by atoms with E-state index < -0.39 is 11.7 Å². The van der Waals surface area contributed by atoms with Crippen molar-refractivity contribution in [1.82, 2.24) is 25.2 Å². The Kier molecular flexibility index (Phi) is 6.32. The number of amides is 2. The third-order valence-corrected chi connectivity index (χ3v) is 6.61. The first-order valence-electron chi connectivity index (χ1n) is 10.9. The minimum absolute atomic E-state index is 0.0118. The Balaban J connectivity index is 1.49. The number of aromatic nitrogens is 3. The number of nitrogens with zero attached hydrogens (tertiary/aromatic N) is 4. The van der Waals surface area contributed by atoms with Gasteiger partial charge in [0.1, 0.15) is 23.4 Å². The van der Waals surface area contributed by atoms with Crippen molar-refractivity contribution in [2.24, 2.45) is 0 Å². The van der Waals surface area contributed by atoms with E-state index >= 15 is 0 Å². The van der Waals surface area contributed by atoms with Crippen molar-refractivity contribution in [2.75, 3.05) is 23.7 Å². The second-order valence-corrected chi connectivity index (χ2v) is 10.2. The summed E-state index contributed by atoms with van der Waals surface area (Å²) in [5.74, 6) is 1.57. The molecule has 1 saturated heterocycles. The number of thioether (sulfide) groups is 1. The Hall–Kier alpha value is -2.75. The molecule has 172 valence electrons. The first-order valence-corrected chi connectivity index (χ1v) is 11.9. The van der Waals surface area contributed by atoms with Crippen molar-refractivity contribution in [1.29, 1.82) is 0 Å². The number of carbonyl (C=O) groups excluding carboxylic acids is 2. The van der Waals surface area contributed by atoms with Gasteiger partial charge in [0, 0.05) is 37.3 Å². The molecule has 1 unspecified atom stereocenters. The molecular weight excluding hydrogens is 428 g/mol. The minimum Gasteiger partial charge on any atom is -0.444 e. The third kappa shape index (κ3) is 4.85. The highest BCUT2D eigenvalue weighted by molar-refractivity contribution is 8.04. The second-order valence-electron chi connectivity index (χ2n) is 9.11. The molecule has 32 heavy (non-hydrogen) atoms. The lowest BCUT2D eigenvalue weighted by Crippen LogP contribution is -2.56. The predicted molar refractivity (Wildman–Crippen MR) is 125 cm³/mol. The highest BCUT2D eigenvalue weighted by atomic mass is 32.2. The molecule has 0 bridgehead atoms. The highest BCUT2D eigenvalue weighted by Crippen LogP contribution is 2.31. The molecule has 0 aliphatic carbocycles. The molecule has 2 N–H and O–H groups in total. The normalized spacial score (nSPS) is 21.9. The van der Waals surface area contributed by atoms with Gasteiger partial charge in [-0.25, -0.2) is 14.8 Å². The van der Waals surface area contributed by atoms with Gasteiger partial charge < -0.3 is 24.8 Å². The number of hydrogen-bond donors (Lipinski definition) is 2. The number of aromatic amines is 1. The summed E-state index contributed by atoms with van der Waals surface area (Å²) in [6.07, 6.45) is 6.46. The van der Waals surface area contributed by atoms with Crippen LogP contribution < -0.4 is 10.2 Å². The molecule has 2 aliphatic heterocycles. The van der Waals surface area contributed by atoms with Crippen LogP contribution in [0.5, 0.6) is 0 Å².